The molecular weight excluding hydrogens is 366 g/mol. The maximum atomic E-state index is 12.4. The topological polar surface area (TPSA) is 38.3 Å². The molecule has 0 spiro atoms. The van der Waals surface area contributed by atoms with E-state index in [9.17, 15) is 4.79 Å². The molecule has 1 aromatic heterocycles. The number of rotatable bonds is 6. The van der Waals surface area contributed by atoms with Crippen LogP contribution in [0.25, 0.3) is 6.08 Å². The van der Waals surface area contributed by atoms with E-state index in [1.807, 2.05) is 54.8 Å². The lowest BCUT2D eigenvalue weighted by molar-refractivity contribution is 0.103. The van der Waals surface area contributed by atoms with Crippen LogP contribution in [0.2, 0.25) is 5.02 Å². The van der Waals surface area contributed by atoms with Crippen LogP contribution in [-0.2, 0) is 6.61 Å². The Balaban J connectivity index is 1.64. The maximum Gasteiger partial charge on any atom is 0.265 e. The van der Waals surface area contributed by atoms with Gasteiger partial charge in [0.2, 0.25) is 0 Å². The summed E-state index contributed by atoms with van der Waals surface area (Å²) in [4.78, 5) is 13.0. The number of carbonyl (C=O) groups excluding carboxylic acids is 1. The number of hydrogen-bond acceptors (Lipinski definition) is 3. The van der Waals surface area contributed by atoms with Crippen molar-refractivity contribution in [3.05, 3.63) is 87.1 Å². The number of hydrogen-bond donors (Lipinski definition) is 1. The third kappa shape index (κ3) is 4.75. The van der Waals surface area contributed by atoms with Gasteiger partial charge in [-0.1, -0.05) is 48.0 Å². The molecule has 3 nitrogen and oxygen atoms in total. The van der Waals surface area contributed by atoms with E-state index >= 15 is 0 Å². The standard InChI is InChI=1S/C21H18ClNO2S/c1-2-6-16-7-3-4-10-19(16)25-13-15-11-20(26-14-15)21(24)23-18-9-5-8-17(22)12-18/h2-12,14H,13H2,1H3,(H,23,24)/b6-2+. The van der Waals surface area contributed by atoms with Crippen molar-refractivity contribution in [2.45, 2.75) is 13.5 Å². The zero-order valence-electron chi connectivity index (χ0n) is 14.2. The van der Waals surface area contributed by atoms with E-state index < -0.39 is 0 Å². The fourth-order valence-corrected chi connectivity index (χ4v) is 3.40. The molecule has 0 aliphatic rings. The minimum Gasteiger partial charge on any atom is -0.488 e. The summed E-state index contributed by atoms with van der Waals surface area (Å²) < 4.78 is 5.91. The summed E-state index contributed by atoms with van der Waals surface area (Å²) in [5, 5.41) is 5.37. The van der Waals surface area contributed by atoms with E-state index in [2.05, 4.69) is 5.32 Å². The lowest BCUT2D eigenvalue weighted by Gasteiger charge is -2.08. The zero-order chi connectivity index (χ0) is 18.4. The summed E-state index contributed by atoms with van der Waals surface area (Å²) in [7, 11) is 0. The third-order valence-corrected chi connectivity index (χ3v) is 4.83. The second kappa shape index (κ2) is 8.70. The molecule has 1 heterocycles. The summed E-state index contributed by atoms with van der Waals surface area (Å²) in [6.45, 7) is 2.38. The normalized spacial score (nSPS) is 10.8. The molecule has 26 heavy (non-hydrogen) atoms. The first kappa shape index (κ1) is 18.2. The van der Waals surface area contributed by atoms with Crippen LogP contribution in [0.5, 0.6) is 5.75 Å². The molecule has 3 aromatic rings. The molecule has 0 atom stereocenters. The Kier molecular flexibility index (Phi) is 6.10. The molecule has 0 saturated heterocycles. The van der Waals surface area contributed by atoms with Crippen molar-refractivity contribution in [2.75, 3.05) is 5.32 Å². The van der Waals surface area contributed by atoms with E-state index in [4.69, 9.17) is 16.3 Å². The van der Waals surface area contributed by atoms with Gasteiger partial charge in [-0.2, -0.15) is 0 Å². The van der Waals surface area contributed by atoms with Crippen molar-refractivity contribution in [3.8, 4) is 5.75 Å². The molecule has 5 heteroatoms. The molecular formula is C21H18ClNO2S. The van der Waals surface area contributed by atoms with Gasteiger partial charge >= 0.3 is 0 Å². The van der Waals surface area contributed by atoms with Crippen molar-refractivity contribution in [1.29, 1.82) is 0 Å². The largest absolute Gasteiger partial charge is 0.488 e. The maximum absolute atomic E-state index is 12.4. The molecule has 0 aliphatic heterocycles. The SMILES string of the molecule is C/C=C/c1ccccc1OCc1csc(C(=O)Nc2cccc(Cl)c2)c1. The predicted octanol–water partition coefficient (Wildman–Crippen LogP) is 6.27. The van der Waals surface area contributed by atoms with Crippen LogP contribution in [0.3, 0.4) is 0 Å². The number of halogens is 1. The first-order valence-corrected chi connectivity index (χ1v) is 9.40. The van der Waals surface area contributed by atoms with Crippen molar-refractivity contribution in [2.24, 2.45) is 0 Å². The number of benzene rings is 2. The second-order valence-electron chi connectivity index (χ2n) is 5.61. The van der Waals surface area contributed by atoms with Gasteiger partial charge in [0, 0.05) is 21.8 Å². The Hall–Kier alpha value is -2.56. The average molecular weight is 384 g/mol. The van der Waals surface area contributed by atoms with E-state index in [-0.39, 0.29) is 5.91 Å². The molecule has 0 bridgehead atoms. The molecule has 0 aliphatic carbocycles. The zero-order valence-corrected chi connectivity index (χ0v) is 15.8. The van der Waals surface area contributed by atoms with Gasteiger partial charge in [0.05, 0.1) is 4.88 Å². The average Bonchev–Trinajstić information content (AvgIpc) is 3.10. The van der Waals surface area contributed by atoms with Crippen molar-refractivity contribution < 1.29 is 9.53 Å². The van der Waals surface area contributed by atoms with Crippen LogP contribution in [0, 0.1) is 0 Å². The number of allylic oxidation sites excluding steroid dienone is 1. The van der Waals surface area contributed by atoms with E-state index in [0.29, 0.717) is 22.2 Å². The Bertz CT molecular complexity index is 933. The molecule has 0 unspecified atom stereocenters. The fourth-order valence-electron chi connectivity index (χ4n) is 2.42. The third-order valence-electron chi connectivity index (χ3n) is 3.62. The van der Waals surface area contributed by atoms with Crippen LogP contribution in [0.1, 0.15) is 27.7 Å². The number of carbonyl (C=O) groups is 1. The smallest absolute Gasteiger partial charge is 0.265 e. The minimum absolute atomic E-state index is 0.155. The van der Waals surface area contributed by atoms with Gasteiger partial charge in [-0.15, -0.1) is 11.3 Å². The van der Waals surface area contributed by atoms with Crippen LogP contribution < -0.4 is 10.1 Å². The molecule has 0 fully saturated rings. The lowest BCUT2D eigenvalue weighted by atomic mass is 10.2. The van der Waals surface area contributed by atoms with E-state index in [0.717, 1.165) is 16.9 Å². The number of ether oxygens (including phenoxy) is 1. The highest BCUT2D eigenvalue weighted by Gasteiger charge is 2.10. The van der Waals surface area contributed by atoms with Crippen LogP contribution in [-0.4, -0.2) is 5.91 Å². The van der Waals surface area contributed by atoms with Crippen LogP contribution in [0.4, 0.5) is 5.69 Å². The first-order chi connectivity index (χ1) is 12.7. The molecule has 1 N–H and O–H groups in total. The van der Waals surface area contributed by atoms with E-state index in [1.165, 1.54) is 11.3 Å². The molecule has 3 rings (SSSR count). The van der Waals surface area contributed by atoms with Gasteiger partial charge in [-0.05, 0) is 42.6 Å². The second-order valence-corrected chi connectivity index (χ2v) is 6.96. The highest BCUT2D eigenvalue weighted by atomic mass is 35.5. The predicted molar refractivity (Wildman–Crippen MR) is 109 cm³/mol. The van der Waals surface area contributed by atoms with Crippen LogP contribution in [0.15, 0.2) is 66.1 Å². The lowest BCUT2D eigenvalue weighted by Crippen LogP contribution is -2.10. The van der Waals surface area contributed by atoms with Crippen molar-refractivity contribution >= 4 is 40.6 Å². The summed E-state index contributed by atoms with van der Waals surface area (Å²) >= 11 is 7.33. The summed E-state index contributed by atoms with van der Waals surface area (Å²) in [6.07, 6.45) is 3.98. The van der Waals surface area contributed by atoms with Gasteiger partial charge in [0.25, 0.3) is 5.91 Å². The number of anilines is 1. The van der Waals surface area contributed by atoms with Gasteiger partial charge in [-0.3, -0.25) is 4.79 Å². The summed E-state index contributed by atoms with van der Waals surface area (Å²) in [5.41, 5.74) is 2.67. The number of nitrogens with one attached hydrogen (secondary N) is 1. The van der Waals surface area contributed by atoms with Crippen molar-refractivity contribution in [3.63, 3.8) is 0 Å². The molecule has 0 radical (unpaired) electrons. The highest BCUT2D eigenvalue weighted by Crippen LogP contribution is 2.23. The summed E-state index contributed by atoms with van der Waals surface area (Å²) in [5.74, 6) is 0.666. The molecule has 1 amide bonds. The Morgan fingerprint density at radius 3 is 2.85 bits per heavy atom. The molecule has 132 valence electrons. The van der Waals surface area contributed by atoms with Crippen LogP contribution >= 0.6 is 22.9 Å². The quantitative estimate of drug-likeness (QED) is 0.545. The monoisotopic (exact) mass is 383 g/mol. The minimum atomic E-state index is -0.155. The highest BCUT2D eigenvalue weighted by molar-refractivity contribution is 7.12. The fraction of sp³-hybridized carbons (Fsp3) is 0.0952. The Morgan fingerprint density at radius 1 is 1.19 bits per heavy atom. The van der Waals surface area contributed by atoms with E-state index in [1.54, 1.807) is 24.3 Å². The first-order valence-electron chi connectivity index (χ1n) is 8.14. The molecule has 0 saturated carbocycles. The van der Waals surface area contributed by atoms with Gasteiger partial charge in [0.15, 0.2) is 0 Å². The Morgan fingerprint density at radius 2 is 2.04 bits per heavy atom. The van der Waals surface area contributed by atoms with Gasteiger partial charge in [-0.25, -0.2) is 0 Å². The van der Waals surface area contributed by atoms with Gasteiger partial charge < -0.3 is 10.1 Å². The number of para-hydroxylation sites is 1. The summed E-state index contributed by atoms with van der Waals surface area (Å²) in [6, 6.07) is 16.8. The molecule has 2 aromatic carbocycles. The number of amides is 1. The van der Waals surface area contributed by atoms with Crippen molar-refractivity contribution in [1.82, 2.24) is 0 Å². The number of thiophene rings is 1. The Labute approximate surface area is 161 Å². The van der Waals surface area contributed by atoms with Gasteiger partial charge in [0.1, 0.15) is 12.4 Å².